The molecule has 164 valence electrons. The average Bonchev–Trinajstić information content (AvgIpc) is 2.60. The lowest BCUT2D eigenvalue weighted by molar-refractivity contribution is -0.121. The molecule has 1 rings (SSSR count). The Balaban J connectivity index is 2.90. The third kappa shape index (κ3) is 8.99. The standard InChI is InChI=1S/C20H33N3O4S2/c1-6-7-8-9-15(4)22-19(24)13-16-10-11-17(27-5)18(12-16)29(25,26)23-20(28)21-14(2)3/h10-12,14-15H,6-9,13H2,1-5H3,(H,22,24)(H2,21,23,28)/t15-/m0/s1. The molecule has 1 amide bonds. The van der Waals surface area contributed by atoms with Crippen LogP contribution in [0.2, 0.25) is 0 Å². The molecule has 0 saturated carbocycles. The van der Waals surface area contributed by atoms with Gasteiger partial charge in [0.1, 0.15) is 10.6 Å². The lowest BCUT2D eigenvalue weighted by Crippen LogP contribution is -2.42. The van der Waals surface area contributed by atoms with Crippen LogP contribution in [0.15, 0.2) is 23.1 Å². The number of thiocarbonyl (C=S) groups is 1. The predicted molar refractivity (Wildman–Crippen MR) is 120 cm³/mol. The highest BCUT2D eigenvalue weighted by atomic mass is 32.2. The minimum absolute atomic E-state index is 0.00565. The van der Waals surface area contributed by atoms with E-state index in [1.807, 2.05) is 20.8 Å². The first-order chi connectivity index (χ1) is 13.6. The third-order valence-electron chi connectivity index (χ3n) is 4.18. The van der Waals surface area contributed by atoms with Crippen LogP contribution in [-0.4, -0.2) is 38.6 Å². The molecular weight excluding hydrogens is 410 g/mol. The van der Waals surface area contributed by atoms with Gasteiger partial charge in [0.25, 0.3) is 10.0 Å². The minimum atomic E-state index is -3.95. The van der Waals surface area contributed by atoms with E-state index in [1.165, 1.54) is 13.2 Å². The molecular formula is C20H33N3O4S2. The van der Waals surface area contributed by atoms with Gasteiger partial charge in [0, 0.05) is 12.1 Å². The largest absolute Gasteiger partial charge is 0.495 e. The van der Waals surface area contributed by atoms with Crippen molar-refractivity contribution in [2.24, 2.45) is 0 Å². The van der Waals surface area contributed by atoms with Crippen molar-refractivity contribution in [2.45, 2.75) is 76.8 Å². The van der Waals surface area contributed by atoms with Gasteiger partial charge in [-0.25, -0.2) is 8.42 Å². The molecule has 0 heterocycles. The van der Waals surface area contributed by atoms with E-state index in [4.69, 9.17) is 17.0 Å². The first kappa shape index (κ1) is 25.2. The van der Waals surface area contributed by atoms with Crippen LogP contribution in [0.5, 0.6) is 5.75 Å². The van der Waals surface area contributed by atoms with E-state index < -0.39 is 10.0 Å². The van der Waals surface area contributed by atoms with Crippen LogP contribution in [0.3, 0.4) is 0 Å². The zero-order valence-electron chi connectivity index (χ0n) is 17.9. The van der Waals surface area contributed by atoms with Gasteiger partial charge in [0.2, 0.25) is 5.91 Å². The van der Waals surface area contributed by atoms with Crippen molar-refractivity contribution in [3.05, 3.63) is 23.8 Å². The summed E-state index contributed by atoms with van der Waals surface area (Å²) in [4.78, 5) is 12.3. The molecule has 0 fully saturated rings. The number of ether oxygens (including phenoxy) is 1. The van der Waals surface area contributed by atoms with Crippen LogP contribution in [0.1, 0.15) is 58.9 Å². The summed E-state index contributed by atoms with van der Waals surface area (Å²) < 4.78 is 33.0. The lowest BCUT2D eigenvalue weighted by atomic mass is 10.1. The number of nitrogens with one attached hydrogen (secondary N) is 3. The highest BCUT2D eigenvalue weighted by Gasteiger charge is 2.22. The van der Waals surface area contributed by atoms with E-state index in [2.05, 4.69) is 22.3 Å². The van der Waals surface area contributed by atoms with Crippen LogP contribution < -0.4 is 20.1 Å². The fourth-order valence-electron chi connectivity index (χ4n) is 2.79. The molecule has 9 heteroatoms. The van der Waals surface area contributed by atoms with E-state index >= 15 is 0 Å². The maximum atomic E-state index is 12.7. The number of methoxy groups -OCH3 is 1. The smallest absolute Gasteiger partial charge is 0.267 e. The Hall–Kier alpha value is -1.87. The number of carbonyl (C=O) groups is 1. The monoisotopic (exact) mass is 443 g/mol. The van der Waals surface area contributed by atoms with Crippen molar-refractivity contribution in [1.29, 1.82) is 0 Å². The van der Waals surface area contributed by atoms with E-state index in [1.54, 1.807) is 12.1 Å². The van der Waals surface area contributed by atoms with E-state index in [0.29, 0.717) is 5.56 Å². The van der Waals surface area contributed by atoms with Gasteiger partial charge >= 0.3 is 0 Å². The molecule has 1 aromatic carbocycles. The Morgan fingerprint density at radius 3 is 2.45 bits per heavy atom. The van der Waals surface area contributed by atoms with Crippen molar-refractivity contribution in [1.82, 2.24) is 15.4 Å². The summed E-state index contributed by atoms with van der Waals surface area (Å²) in [7, 11) is -2.56. The summed E-state index contributed by atoms with van der Waals surface area (Å²) in [5, 5.41) is 5.80. The van der Waals surface area contributed by atoms with Crippen molar-refractivity contribution < 1.29 is 17.9 Å². The molecule has 0 aliphatic heterocycles. The van der Waals surface area contributed by atoms with Gasteiger partial charge in [-0.1, -0.05) is 32.3 Å². The molecule has 0 aliphatic rings. The second-order valence-electron chi connectivity index (χ2n) is 7.36. The lowest BCUT2D eigenvalue weighted by Gasteiger charge is -2.16. The van der Waals surface area contributed by atoms with Gasteiger partial charge in [0.15, 0.2) is 5.11 Å². The van der Waals surface area contributed by atoms with Crippen LogP contribution in [0.25, 0.3) is 0 Å². The van der Waals surface area contributed by atoms with E-state index in [9.17, 15) is 13.2 Å². The summed E-state index contributed by atoms with van der Waals surface area (Å²) in [6.45, 7) is 7.82. The number of hydrogen-bond donors (Lipinski definition) is 3. The Kier molecular flexibility index (Phi) is 10.4. The zero-order chi connectivity index (χ0) is 22.0. The van der Waals surface area contributed by atoms with Crippen LogP contribution in [0, 0.1) is 0 Å². The van der Waals surface area contributed by atoms with Gasteiger partial charge in [-0.15, -0.1) is 0 Å². The summed E-state index contributed by atoms with van der Waals surface area (Å²) in [5.74, 6) is 0.0365. The topological polar surface area (TPSA) is 96.5 Å². The number of hydrogen-bond acceptors (Lipinski definition) is 5. The van der Waals surface area contributed by atoms with Crippen molar-refractivity contribution >= 4 is 33.3 Å². The predicted octanol–water partition coefficient (Wildman–Crippen LogP) is 2.88. The molecule has 3 N–H and O–H groups in total. The van der Waals surface area contributed by atoms with E-state index in [-0.39, 0.29) is 40.2 Å². The Morgan fingerprint density at radius 1 is 1.17 bits per heavy atom. The first-order valence-corrected chi connectivity index (χ1v) is 11.8. The maximum Gasteiger partial charge on any atom is 0.267 e. The summed E-state index contributed by atoms with van der Waals surface area (Å²) in [5.41, 5.74) is 0.576. The molecule has 0 bridgehead atoms. The highest BCUT2D eigenvalue weighted by molar-refractivity contribution is 7.92. The van der Waals surface area contributed by atoms with Gasteiger partial charge < -0.3 is 15.4 Å². The van der Waals surface area contributed by atoms with Crippen molar-refractivity contribution in [3.8, 4) is 5.75 Å². The molecule has 0 aliphatic carbocycles. The molecule has 0 spiro atoms. The first-order valence-electron chi connectivity index (χ1n) is 9.88. The number of sulfonamides is 1. The summed E-state index contributed by atoms with van der Waals surface area (Å²) in [6.07, 6.45) is 4.35. The molecule has 0 radical (unpaired) electrons. The van der Waals surface area contributed by atoms with Crippen LogP contribution >= 0.6 is 12.2 Å². The Labute approximate surface area is 180 Å². The molecule has 7 nitrogen and oxygen atoms in total. The van der Waals surface area contributed by atoms with Crippen LogP contribution in [-0.2, 0) is 21.2 Å². The molecule has 0 saturated heterocycles. The second-order valence-corrected chi connectivity index (χ2v) is 9.42. The van der Waals surface area contributed by atoms with Gasteiger partial charge in [-0.2, -0.15) is 0 Å². The molecule has 0 aromatic heterocycles. The van der Waals surface area contributed by atoms with E-state index in [0.717, 1.165) is 25.7 Å². The van der Waals surface area contributed by atoms with Gasteiger partial charge in [-0.3, -0.25) is 9.52 Å². The third-order valence-corrected chi connectivity index (χ3v) is 5.90. The molecule has 1 aromatic rings. The van der Waals surface area contributed by atoms with Gasteiger partial charge in [0.05, 0.1) is 13.5 Å². The minimum Gasteiger partial charge on any atom is -0.495 e. The highest BCUT2D eigenvalue weighted by Crippen LogP contribution is 2.25. The molecule has 1 atom stereocenters. The summed E-state index contributed by atoms with van der Waals surface area (Å²) >= 11 is 5.05. The molecule has 0 unspecified atom stereocenters. The zero-order valence-corrected chi connectivity index (χ0v) is 19.5. The number of rotatable bonds is 11. The number of amides is 1. The molecule has 29 heavy (non-hydrogen) atoms. The quantitative estimate of drug-likeness (QED) is 0.359. The number of unbranched alkanes of at least 4 members (excludes halogenated alkanes) is 2. The SMILES string of the molecule is CCCCC[C@H](C)NC(=O)Cc1ccc(OC)c(S(=O)(=O)NC(=S)NC(C)C)c1. The van der Waals surface area contributed by atoms with Crippen LogP contribution in [0.4, 0.5) is 0 Å². The average molecular weight is 444 g/mol. The maximum absolute atomic E-state index is 12.7. The Bertz CT molecular complexity index is 795. The Morgan fingerprint density at radius 2 is 1.86 bits per heavy atom. The van der Waals surface area contributed by atoms with Crippen molar-refractivity contribution in [3.63, 3.8) is 0 Å². The summed E-state index contributed by atoms with van der Waals surface area (Å²) in [6, 6.07) is 4.74. The fraction of sp³-hybridized carbons (Fsp3) is 0.600. The van der Waals surface area contributed by atoms with Gasteiger partial charge in [-0.05, 0) is 57.1 Å². The normalized spacial score (nSPS) is 12.3. The van der Waals surface area contributed by atoms with Crippen molar-refractivity contribution in [2.75, 3.05) is 7.11 Å². The number of carbonyl (C=O) groups excluding carboxylic acids is 1. The number of benzene rings is 1. The fourth-order valence-corrected chi connectivity index (χ4v) is 4.49. The second kappa shape index (κ2) is 12.0.